The molecule has 0 radical (unpaired) electrons. The molecule has 100 valence electrons. The Kier molecular flexibility index (Phi) is 3.75. The molecule has 0 aromatic heterocycles. The molecule has 0 saturated heterocycles. The molecular weight excluding hydrogens is 226 g/mol. The number of nitrogens with one attached hydrogen (secondary N) is 1. The van der Waals surface area contributed by atoms with Gasteiger partial charge >= 0.3 is 6.09 Å². The third-order valence-electron chi connectivity index (χ3n) is 2.94. The Morgan fingerprint density at radius 1 is 1.06 bits per heavy atom. The fourth-order valence-corrected chi connectivity index (χ4v) is 1.86. The number of amides is 1. The van der Waals surface area contributed by atoms with Crippen LogP contribution in [0.3, 0.4) is 0 Å². The van der Waals surface area contributed by atoms with E-state index in [0.29, 0.717) is 5.69 Å². The monoisotopic (exact) mass is 249 g/mol. The SMILES string of the molecule is CC(C)(C)c1ccc(NC(=O)O)c(C(C)(C)C)c1. The first-order chi connectivity index (χ1) is 8.01. The molecule has 1 aromatic carbocycles. The van der Waals surface area contributed by atoms with Gasteiger partial charge in [0.15, 0.2) is 0 Å². The van der Waals surface area contributed by atoms with Crippen molar-refractivity contribution in [3.8, 4) is 0 Å². The van der Waals surface area contributed by atoms with Crippen LogP contribution in [0.4, 0.5) is 10.5 Å². The standard InChI is InChI=1S/C15H23NO2/c1-14(2,3)10-7-8-12(16-13(17)18)11(9-10)15(4,5)6/h7-9,16H,1-6H3,(H,17,18). The Labute approximate surface area is 109 Å². The quantitative estimate of drug-likeness (QED) is 0.776. The molecular formula is C15H23NO2. The number of carboxylic acid groups (broad SMARTS) is 1. The number of carbonyl (C=O) groups is 1. The molecule has 0 aliphatic heterocycles. The summed E-state index contributed by atoms with van der Waals surface area (Å²) in [6.07, 6.45) is -1.02. The Hall–Kier alpha value is -1.51. The highest BCUT2D eigenvalue weighted by atomic mass is 16.4. The Balaban J connectivity index is 3.34. The third kappa shape index (κ3) is 3.49. The van der Waals surface area contributed by atoms with Crippen LogP contribution in [0.2, 0.25) is 0 Å². The van der Waals surface area contributed by atoms with Gasteiger partial charge in [0.25, 0.3) is 0 Å². The van der Waals surface area contributed by atoms with Crippen LogP contribution in [-0.4, -0.2) is 11.2 Å². The first-order valence-electron chi connectivity index (χ1n) is 6.17. The van der Waals surface area contributed by atoms with Crippen molar-refractivity contribution in [2.24, 2.45) is 0 Å². The van der Waals surface area contributed by atoms with E-state index in [1.54, 1.807) is 0 Å². The fourth-order valence-electron chi connectivity index (χ4n) is 1.86. The van der Waals surface area contributed by atoms with Crippen molar-refractivity contribution in [2.75, 3.05) is 5.32 Å². The first kappa shape index (κ1) is 14.6. The second kappa shape index (κ2) is 4.63. The molecule has 3 heteroatoms. The zero-order valence-corrected chi connectivity index (χ0v) is 12.1. The summed E-state index contributed by atoms with van der Waals surface area (Å²) in [7, 11) is 0. The van der Waals surface area contributed by atoms with E-state index in [0.717, 1.165) is 5.56 Å². The summed E-state index contributed by atoms with van der Waals surface area (Å²) in [6, 6.07) is 5.95. The lowest BCUT2D eigenvalue weighted by molar-refractivity contribution is 0.209. The van der Waals surface area contributed by atoms with Crippen LogP contribution in [0.1, 0.15) is 52.7 Å². The number of hydrogen-bond donors (Lipinski definition) is 2. The minimum atomic E-state index is -1.02. The molecule has 2 N–H and O–H groups in total. The van der Waals surface area contributed by atoms with E-state index in [1.807, 2.05) is 12.1 Å². The van der Waals surface area contributed by atoms with Crippen molar-refractivity contribution >= 4 is 11.8 Å². The predicted octanol–water partition coefficient (Wildman–Crippen LogP) is 4.37. The second-order valence-electron chi connectivity index (χ2n) is 6.69. The summed E-state index contributed by atoms with van der Waals surface area (Å²) in [5.41, 5.74) is 2.87. The minimum absolute atomic E-state index is 0.0573. The maximum atomic E-state index is 10.8. The van der Waals surface area contributed by atoms with Crippen LogP contribution in [0.5, 0.6) is 0 Å². The summed E-state index contributed by atoms with van der Waals surface area (Å²) in [5, 5.41) is 11.4. The molecule has 0 aliphatic carbocycles. The summed E-state index contributed by atoms with van der Waals surface area (Å²) < 4.78 is 0. The number of hydrogen-bond acceptors (Lipinski definition) is 1. The molecule has 1 aromatic rings. The van der Waals surface area contributed by atoms with Gasteiger partial charge in [0, 0.05) is 5.69 Å². The first-order valence-corrected chi connectivity index (χ1v) is 6.17. The van der Waals surface area contributed by atoms with E-state index in [4.69, 9.17) is 5.11 Å². The molecule has 0 atom stereocenters. The Bertz CT molecular complexity index is 451. The average molecular weight is 249 g/mol. The summed E-state index contributed by atoms with van der Waals surface area (Å²) in [4.78, 5) is 10.8. The van der Waals surface area contributed by atoms with Crippen LogP contribution in [0, 0.1) is 0 Å². The van der Waals surface area contributed by atoms with Crippen LogP contribution in [0.25, 0.3) is 0 Å². The lowest BCUT2D eigenvalue weighted by Crippen LogP contribution is -2.20. The topological polar surface area (TPSA) is 49.3 Å². The molecule has 3 nitrogen and oxygen atoms in total. The number of rotatable bonds is 1. The fraction of sp³-hybridized carbons (Fsp3) is 0.533. The molecule has 0 bridgehead atoms. The number of benzene rings is 1. The van der Waals surface area contributed by atoms with Gasteiger partial charge in [-0.15, -0.1) is 0 Å². The van der Waals surface area contributed by atoms with E-state index in [2.05, 4.69) is 52.9 Å². The maximum absolute atomic E-state index is 10.8. The van der Waals surface area contributed by atoms with Crippen molar-refractivity contribution in [1.82, 2.24) is 0 Å². The van der Waals surface area contributed by atoms with Gasteiger partial charge in [-0.2, -0.15) is 0 Å². The summed E-state index contributed by atoms with van der Waals surface area (Å²) >= 11 is 0. The highest BCUT2D eigenvalue weighted by Crippen LogP contribution is 2.34. The van der Waals surface area contributed by atoms with Gasteiger partial charge in [-0.3, -0.25) is 5.32 Å². The van der Waals surface area contributed by atoms with E-state index in [-0.39, 0.29) is 10.8 Å². The van der Waals surface area contributed by atoms with E-state index >= 15 is 0 Å². The molecule has 1 rings (SSSR count). The zero-order valence-electron chi connectivity index (χ0n) is 12.1. The zero-order chi connectivity index (χ0) is 14.1. The molecule has 1 amide bonds. The highest BCUT2D eigenvalue weighted by Gasteiger charge is 2.22. The van der Waals surface area contributed by atoms with Gasteiger partial charge in [0.2, 0.25) is 0 Å². The van der Waals surface area contributed by atoms with Gasteiger partial charge in [-0.25, -0.2) is 4.79 Å². The lowest BCUT2D eigenvalue weighted by Gasteiger charge is -2.27. The van der Waals surface area contributed by atoms with E-state index in [1.165, 1.54) is 5.56 Å². The van der Waals surface area contributed by atoms with Gasteiger partial charge in [-0.05, 0) is 28.0 Å². The van der Waals surface area contributed by atoms with Crippen molar-refractivity contribution in [3.63, 3.8) is 0 Å². The predicted molar refractivity (Wildman–Crippen MR) is 75.5 cm³/mol. The van der Waals surface area contributed by atoms with E-state index in [9.17, 15) is 4.79 Å². The lowest BCUT2D eigenvalue weighted by atomic mass is 9.80. The van der Waals surface area contributed by atoms with Crippen LogP contribution in [-0.2, 0) is 10.8 Å². The van der Waals surface area contributed by atoms with Gasteiger partial charge in [0.05, 0.1) is 0 Å². The van der Waals surface area contributed by atoms with Gasteiger partial charge in [0.1, 0.15) is 0 Å². The molecule has 0 saturated carbocycles. The van der Waals surface area contributed by atoms with Crippen LogP contribution < -0.4 is 5.32 Å². The van der Waals surface area contributed by atoms with E-state index < -0.39 is 6.09 Å². The molecule has 0 fully saturated rings. The number of anilines is 1. The van der Waals surface area contributed by atoms with Crippen molar-refractivity contribution in [2.45, 2.75) is 52.4 Å². The largest absolute Gasteiger partial charge is 0.465 e. The van der Waals surface area contributed by atoms with Gasteiger partial charge < -0.3 is 5.11 Å². The van der Waals surface area contributed by atoms with Crippen molar-refractivity contribution < 1.29 is 9.90 Å². The second-order valence-corrected chi connectivity index (χ2v) is 6.69. The minimum Gasteiger partial charge on any atom is -0.465 e. The molecule has 0 spiro atoms. The highest BCUT2D eigenvalue weighted by molar-refractivity contribution is 5.84. The normalized spacial score (nSPS) is 12.3. The average Bonchev–Trinajstić information content (AvgIpc) is 2.13. The Morgan fingerprint density at radius 2 is 1.61 bits per heavy atom. The van der Waals surface area contributed by atoms with Crippen LogP contribution >= 0.6 is 0 Å². The Morgan fingerprint density at radius 3 is 2.00 bits per heavy atom. The summed E-state index contributed by atoms with van der Waals surface area (Å²) in [6.45, 7) is 12.7. The van der Waals surface area contributed by atoms with Gasteiger partial charge in [-0.1, -0.05) is 53.7 Å². The van der Waals surface area contributed by atoms with Crippen LogP contribution in [0.15, 0.2) is 18.2 Å². The molecule has 18 heavy (non-hydrogen) atoms. The smallest absolute Gasteiger partial charge is 0.409 e. The van der Waals surface area contributed by atoms with Crippen molar-refractivity contribution in [1.29, 1.82) is 0 Å². The molecule has 0 unspecified atom stereocenters. The molecule has 0 heterocycles. The van der Waals surface area contributed by atoms with Crippen molar-refractivity contribution in [3.05, 3.63) is 29.3 Å². The molecule has 0 aliphatic rings. The maximum Gasteiger partial charge on any atom is 0.409 e. The third-order valence-corrected chi connectivity index (χ3v) is 2.94. The summed E-state index contributed by atoms with van der Waals surface area (Å²) in [5.74, 6) is 0.